The van der Waals surface area contributed by atoms with Gasteiger partial charge < -0.3 is 10.2 Å². The number of nitrogens with zero attached hydrogens (tertiary/aromatic N) is 4. The van der Waals surface area contributed by atoms with E-state index in [2.05, 4.69) is 22.2 Å². The van der Waals surface area contributed by atoms with Gasteiger partial charge in [-0.1, -0.05) is 13.3 Å². The Morgan fingerprint density at radius 2 is 2.23 bits per heavy atom. The van der Waals surface area contributed by atoms with E-state index in [1.807, 2.05) is 6.92 Å². The van der Waals surface area contributed by atoms with E-state index in [1.165, 1.54) is 36.9 Å². The fourth-order valence-electron chi connectivity index (χ4n) is 3.86. The fraction of sp³-hybridized carbons (Fsp3) is 0.632. The van der Waals surface area contributed by atoms with Crippen molar-refractivity contribution in [1.82, 2.24) is 24.4 Å². The Balaban J connectivity index is 1.49. The average molecular weight is 359 g/mol. The third-order valence-electron chi connectivity index (χ3n) is 5.27. The largest absolute Gasteiger partial charge is 0.354 e. The number of rotatable bonds is 7. The minimum atomic E-state index is -0.241. The predicted octanol–water partition coefficient (Wildman–Crippen LogP) is 1.58. The van der Waals surface area contributed by atoms with Gasteiger partial charge in [0.2, 0.25) is 5.91 Å². The SMILES string of the molecule is CC[C@H]1CCCCN1CCCNC(=O)Cn1nc(C)n2cccc2c1=O. The third-order valence-corrected chi connectivity index (χ3v) is 5.27. The summed E-state index contributed by atoms with van der Waals surface area (Å²) in [7, 11) is 0. The second kappa shape index (κ2) is 8.49. The molecule has 2 aromatic rings. The highest BCUT2D eigenvalue weighted by Crippen LogP contribution is 2.19. The molecule has 1 N–H and O–H groups in total. The highest BCUT2D eigenvalue weighted by Gasteiger charge is 2.19. The van der Waals surface area contributed by atoms with Crippen LogP contribution in [0.25, 0.3) is 5.52 Å². The van der Waals surface area contributed by atoms with Gasteiger partial charge in [0.1, 0.15) is 17.9 Å². The summed E-state index contributed by atoms with van der Waals surface area (Å²) < 4.78 is 2.98. The van der Waals surface area contributed by atoms with Crippen molar-refractivity contribution in [2.45, 2.75) is 58.5 Å². The molecule has 0 unspecified atom stereocenters. The Morgan fingerprint density at radius 3 is 3.04 bits per heavy atom. The Hall–Kier alpha value is -2.15. The molecular formula is C19H29N5O2. The number of carbonyl (C=O) groups is 1. The number of hydrogen-bond donors (Lipinski definition) is 1. The van der Waals surface area contributed by atoms with Crippen LogP contribution in [0.15, 0.2) is 23.1 Å². The molecule has 1 amide bonds. The molecule has 1 aliphatic heterocycles. The van der Waals surface area contributed by atoms with Crippen LogP contribution >= 0.6 is 0 Å². The minimum absolute atomic E-state index is 0.0390. The first-order chi connectivity index (χ1) is 12.6. The molecule has 0 radical (unpaired) electrons. The summed E-state index contributed by atoms with van der Waals surface area (Å²) in [6, 6.07) is 4.24. The highest BCUT2D eigenvalue weighted by molar-refractivity contribution is 5.75. The van der Waals surface area contributed by atoms with Gasteiger partial charge in [-0.3, -0.25) is 14.0 Å². The van der Waals surface area contributed by atoms with Gasteiger partial charge in [0.15, 0.2) is 0 Å². The Morgan fingerprint density at radius 1 is 1.38 bits per heavy atom. The van der Waals surface area contributed by atoms with E-state index in [0.717, 1.165) is 13.0 Å². The van der Waals surface area contributed by atoms with E-state index in [-0.39, 0.29) is 18.0 Å². The smallest absolute Gasteiger partial charge is 0.291 e. The van der Waals surface area contributed by atoms with Crippen LogP contribution in [-0.4, -0.2) is 50.7 Å². The second-order valence-corrected chi connectivity index (χ2v) is 7.07. The van der Waals surface area contributed by atoms with Crippen LogP contribution in [0, 0.1) is 6.92 Å². The maximum Gasteiger partial charge on any atom is 0.291 e. The van der Waals surface area contributed by atoms with E-state index in [4.69, 9.17) is 0 Å². The van der Waals surface area contributed by atoms with Crippen molar-refractivity contribution >= 4 is 11.4 Å². The van der Waals surface area contributed by atoms with E-state index in [0.29, 0.717) is 23.9 Å². The first-order valence-electron chi connectivity index (χ1n) is 9.65. The van der Waals surface area contributed by atoms with Crippen LogP contribution in [-0.2, 0) is 11.3 Å². The van der Waals surface area contributed by atoms with E-state index >= 15 is 0 Å². The van der Waals surface area contributed by atoms with Crippen LogP contribution < -0.4 is 10.9 Å². The van der Waals surface area contributed by atoms with Crippen LogP contribution in [0.3, 0.4) is 0 Å². The molecule has 1 atom stereocenters. The number of aromatic nitrogens is 3. The lowest BCUT2D eigenvalue weighted by molar-refractivity contribution is -0.121. The van der Waals surface area contributed by atoms with Gasteiger partial charge in [-0.15, -0.1) is 0 Å². The van der Waals surface area contributed by atoms with Gasteiger partial charge in [-0.05, 0) is 51.3 Å². The van der Waals surface area contributed by atoms with Crippen LogP contribution in [0.2, 0.25) is 0 Å². The summed E-state index contributed by atoms with van der Waals surface area (Å²) in [4.78, 5) is 27.1. The van der Waals surface area contributed by atoms with Gasteiger partial charge >= 0.3 is 0 Å². The van der Waals surface area contributed by atoms with Gasteiger partial charge in [0.25, 0.3) is 5.56 Å². The van der Waals surface area contributed by atoms with E-state index in [1.54, 1.807) is 22.7 Å². The third kappa shape index (κ3) is 4.15. The molecule has 142 valence electrons. The van der Waals surface area contributed by atoms with Gasteiger partial charge in [0, 0.05) is 25.3 Å². The topological polar surface area (TPSA) is 71.6 Å². The molecule has 26 heavy (non-hydrogen) atoms. The fourth-order valence-corrected chi connectivity index (χ4v) is 3.86. The quantitative estimate of drug-likeness (QED) is 0.762. The normalized spacial score (nSPS) is 18.3. The lowest BCUT2D eigenvalue weighted by atomic mass is 10.00. The summed E-state index contributed by atoms with van der Waals surface area (Å²) in [5.74, 6) is 0.522. The second-order valence-electron chi connectivity index (χ2n) is 7.07. The Labute approximate surface area is 154 Å². The molecular weight excluding hydrogens is 330 g/mol. The Kier molecular flexibility index (Phi) is 6.08. The number of carbonyl (C=O) groups excluding carboxylic acids is 1. The van der Waals surface area contributed by atoms with Gasteiger partial charge in [-0.2, -0.15) is 5.10 Å². The first-order valence-corrected chi connectivity index (χ1v) is 9.65. The molecule has 1 fully saturated rings. The number of amides is 1. The molecule has 1 saturated heterocycles. The molecule has 1 aliphatic rings. The Bertz CT molecular complexity index is 810. The van der Waals surface area contributed by atoms with Crippen molar-refractivity contribution in [2.75, 3.05) is 19.6 Å². The molecule has 0 aliphatic carbocycles. The average Bonchev–Trinajstić information content (AvgIpc) is 3.14. The molecule has 7 nitrogen and oxygen atoms in total. The number of piperidine rings is 1. The van der Waals surface area contributed by atoms with Gasteiger partial charge in [0.05, 0.1) is 0 Å². The van der Waals surface area contributed by atoms with Gasteiger partial charge in [-0.25, -0.2) is 4.68 Å². The van der Waals surface area contributed by atoms with E-state index < -0.39 is 0 Å². The zero-order valence-corrected chi connectivity index (χ0v) is 15.8. The summed E-state index contributed by atoms with van der Waals surface area (Å²) >= 11 is 0. The maximum atomic E-state index is 12.4. The number of likely N-dealkylation sites (tertiary alicyclic amines) is 1. The molecule has 0 spiro atoms. The van der Waals surface area contributed by atoms with Crippen molar-refractivity contribution in [1.29, 1.82) is 0 Å². The molecule has 0 saturated carbocycles. The molecule has 3 rings (SSSR count). The standard InChI is InChI=1S/C19H29N5O2/c1-3-16-8-4-5-11-22(16)12-7-10-20-18(25)14-24-19(26)17-9-6-13-23(17)15(2)21-24/h6,9,13,16H,3-5,7-8,10-12,14H2,1-2H3,(H,20,25)/t16-/m0/s1. The van der Waals surface area contributed by atoms with Crippen molar-refractivity contribution in [3.05, 3.63) is 34.5 Å². The highest BCUT2D eigenvalue weighted by atomic mass is 16.2. The van der Waals surface area contributed by atoms with E-state index in [9.17, 15) is 9.59 Å². The van der Waals surface area contributed by atoms with Crippen LogP contribution in [0.4, 0.5) is 0 Å². The predicted molar refractivity (Wildman–Crippen MR) is 101 cm³/mol. The minimum Gasteiger partial charge on any atom is -0.354 e. The summed E-state index contributed by atoms with van der Waals surface area (Å²) in [6.07, 6.45) is 7.83. The number of nitrogens with one attached hydrogen (secondary N) is 1. The van der Waals surface area contributed by atoms with Crippen molar-refractivity contribution in [2.24, 2.45) is 0 Å². The van der Waals surface area contributed by atoms with Crippen LogP contribution in [0.5, 0.6) is 0 Å². The zero-order chi connectivity index (χ0) is 18.5. The number of aryl methyl sites for hydroxylation is 1. The summed E-state index contributed by atoms with van der Waals surface area (Å²) in [6.45, 7) is 6.85. The zero-order valence-electron chi connectivity index (χ0n) is 15.8. The monoisotopic (exact) mass is 359 g/mol. The lowest BCUT2D eigenvalue weighted by Crippen LogP contribution is -2.41. The van der Waals surface area contributed by atoms with Crippen molar-refractivity contribution in [3.63, 3.8) is 0 Å². The molecule has 7 heteroatoms. The lowest BCUT2D eigenvalue weighted by Gasteiger charge is -2.35. The molecule has 2 aromatic heterocycles. The molecule has 0 aromatic carbocycles. The summed E-state index contributed by atoms with van der Waals surface area (Å²) in [5.41, 5.74) is 0.302. The molecule has 0 bridgehead atoms. The first kappa shape index (κ1) is 18.6. The van der Waals surface area contributed by atoms with Crippen LogP contribution in [0.1, 0.15) is 44.9 Å². The van der Waals surface area contributed by atoms with Crippen molar-refractivity contribution < 1.29 is 4.79 Å². The number of fused-ring (bicyclic) bond motifs is 1. The summed E-state index contributed by atoms with van der Waals surface area (Å²) in [5, 5.41) is 7.15. The maximum absolute atomic E-state index is 12.4. The van der Waals surface area contributed by atoms with Crippen molar-refractivity contribution in [3.8, 4) is 0 Å². The number of hydrogen-bond acceptors (Lipinski definition) is 4. The molecule has 3 heterocycles.